The van der Waals surface area contributed by atoms with E-state index in [1.807, 2.05) is 0 Å². The highest BCUT2D eigenvalue weighted by Crippen LogP contribution is 2.09. The molecule has 0 spiro atoms. The number of rotatable bonds is 2. The first kappa shape index (κ1) is 12.6. The van der Waals surface area contributed by atoms with E-state index in [-0.39, 0.29) is 5.56 Å². The van der Waals surface area contributed by atoms with Crippen LogP contribution in [0.4, 0.5) is 8.78 Å². The van der Waals surface area contributed by atoms with Crippen molar-refractivity contribution in [3.05, 3.63) is 35.4 Å². The average Bonchev–Trinajstić information content (AvgIpc) is 2.17. The summed E-state index contributed by atoms with van der Waals surface area (Å²) in [6.45, 7) is 5.25. The van der Waals surface area contributed by atoms with Gasteiger partial charge in [-0.25, -0.2) is 14.3 Å². The molecule has 0 radical (unpaired) electrons. The number of hydrogen-bond acceptors (Lipinski definition) is 2. The van der Waals surface area contributed by atoms with Crippen LogP contribution in [0.2, 0.25) is 0 Å². The Morgan fingerprint density at radius 1 is 1.25 bits per heavy atom. The highest BCUT2D eigenvalue weighted by Gasteiger charge is 2.15. The van der Waals surface area contributed by atoms with Gasteiger partial charge in [0.1, 0.15) is 0 Å². The van der Waals surface area contributed by atoms with Gasteiger partial charge in [-0.05, 0) is 39.0 Å². The van der Waals surface area contributed by atoms with Gasteiger partial charge in [-0.2, -0.15) is 0 Å². The molecule has 0 heterocycles. The molecular formula is C11H13F2NO2. The van der Waals surface area contributed by atoms with E-state index >= 15 is 0 Å². The highest BCUT2D eigenvalue weighted by atomic mass is 19.2. The maximum absolute atomic E-state index is 12.8. The van der Waals surface area contributed by atoms with Crippen molar-refractivity contribution in [2.24, 2.45) is 0 Å². The monoisotopic (exact) mass is 229 g/mol. The van der Waals surface area contributed by atoms with Crippen molar-refractivity contribution in [1.29, 1.82) is 0 Å². The van der Waals surface area contributed by atoms with Crippen molar-refractivity contribution in [2.75, 3.05) is 0 Å². The van der Waals surface area contributed by atoms with E-state index < -0.39 is 23.1 Å². The van der Waals surface area contributed by atoms with Gasteiger partial charge < -0.3 is 0 Å². The van der Waals surface area contributed by atoms with Gasteiger partial charge in [0.25, 0.3) is 5.91 Å². The Bertz CT molecular complexity index is 399. The number of hydroxylamine groups is 1. The summed E-state index contributed by atoms with van der Waals surface area (Å²) in [5.41, 5.74) is 1.61. The molecule has 16 heavy (non-hydrogen) atoms. The second-order valence-electron chi connectivity index (χ2n) is 4.27. The molecule has 1 N–H and O–H groups in total. The third-order valence-electron chi connectivity index (χ3n) is 1.63. The van der Waals surface area contributed by atoms with Crippen LogP contribution in [0, 0.1) is 11.6 Å². The Labute approximate surface area is 92.4 Å². The van der Waals surface area contributed by atoms with E-state index in [4.69, 9.17) is 4.84 Å². The van der Waals surface area contributed by atoms with Crippen molar-refractivity contribution in [3.63, 3.8) is 0 Å². The van der Waals surface area contributed by atoms with Crippen LogP contribution < -0.4 is 5.48 Å². The standard InChI is InChI=1S/C11H13F2NO2/c1-11(2,3)16-14-10(15)7-4-5-8(12)9(13)6-7/h4-6H,1-3H3,(H,14,15). The van der Waals surface area contributed by atoms with Gasteiger partial charge in [0.2, 0.25) is 0 Å². The summed E-state index contributed by atoms with van der Waals surface area (Å²) in [7, 11) is 0. The predicted octanol–water partition coefficient (Wildman–Crippen LogP) is 2.42. The summed E-state index contributed by atoms with van der Waals surface area (Å²) in [5.74, 6) is -2.68. The first-order valence-electron chi connectivity index (χ1n) is 4.73. The lowest BCUT2D eigenvalue weighted by Gasteiger charge is -2.18. The van der Waals surface area contributed by atoms with E-state index in [1.165, 1.54) is 6.07 Å². The molecule has 1 aromatic rings. The minimum atomic E-state index is -1.07. The van der Waals surface area contributed by atoms with Crippen molar-refractivity contribution in [1.82, 2.24) is 5.48 Å². The molecule has 0 unspecified atom stereocenters. The zero-order valence-corrected chi connectivity index (χ0v) is 9.30. The zero-order chi connectivity index (χ0) is 12.3. The largest absolute Gasteiger partial charge is 0.274 e. The number of carbonyl (C=O) groups excluding carboxylic acids is 1. The van der Waals surface area contributed by atoms with Crippen LogP contribution in [0.1, 0.15) is 31.1 Å². The Morgan fingerprint density at radius 3 is 2.38 bits per heavy atom. The molecule has 0 aliphatic heterocycles. The summed E-state index contributed by atoms with van der Waals surface area (Å²) < 4.78 is 25.4. The normalized spacial score (nSPS) is 11.3. The first-order valence-corrected chi connectivity index (χ1v) is 4.73. The van der Waals surface area contributed by atoms with Gasteiger partial charge in [0.15, 0.2) is 11.6 Å². The van der Waals surface area contributed by atoms with Crippen LogP contribution in [0.15, 0.2) is 18.2 Å². The first-order chi connectivity index (χ1) is 7.29. The van der Waals surface area contributed by atoms with E-state index in [9.17, 15) is 13.6 Å². The van der Waals surface area contributed by atoms with Gasteiger partial charge in [0, 0.05) is 5.56 Å². The highest BCUT2D eigenvalue weighted by molar-refractivity contribution is 5.93. The van der Waals surface area contributed by atoms with E-state index in [2.05, 4.69) is 5.48 Å². The molecule has 0 aliphatic carbocycles. The van der Waals surface area contributed by atoms with Gasteiger partial charge in [0.05, 0.1) is 5.60 Å². The fourth-order valence-corrected chi connectivity index (χ4v) is 0.896. The Hall–Kier alpha value is -1.49. The number of carbonyl (C=O) groups is 1. The van der Waals surface area contributed by atoms with Crippen molar-refractivity contribution in [3.8, 4) is 0 Å². The number of halogens is 2. The molecule has 0 bridgehead atoms. The number of benzene rings is 1. The summed E-state index contributed by atoms with van der Waals surface area (Å²) >= 11 is 0. The van der Waals surface area contributed by atoms with Gasteiger partial charge in [-0.3, -0.25) is 9.63 Å². The molecule has 0 saturated heterocycles. The average molecular weight is 229 g/mol. The molecule has 1 amide bonds. The SMILES string of the molecule is CC(C)(C)ONC(=O)c1ccc(F)c(F)c1. The van der Waals surface area contributed by atoms with E-state index in [0.29, 0.717) is 0 Å². The van der Waals surface area contributed by atoms with Crippen LogP contribution in [0.3, 0.4) is 0 Å². The zero-order valence-electron chi connectivity index (χ0n) is 9.30. The number of amides is 1. The third-order valence-corrected chi connectivity index (χ3v) is 1.63. The van der Waals surface area contributed by atoms with Crippen LogP contribution in [-0.2, 0) is 4.84 Å². The van der Waals surface area contributed by atoms with Crippen molar-refractivity contribution < 1.29 is 18.4 Å². The van der Waals surface area contributed by atoms with Gasteiger partial charge in [-0.15, -0.1) is 0 Å². The quantitative estimate of drug-likeness (QED) is 0.791. The molecular weight excluding hydrogens is 216 g/mol. The summed E-state index contributed by atoms with van der Waals surface area (Å²) in [5, 5.41) is 0. The lowest BCUT2D eigenvalue weighted by Crippen LogP contribution is -2.33. The molecule has 0 fully saturated rings. The second-order valence-corrected chi connectivity index (χ2v) is 4.27. The van der Waals surface area contributed by atoms with Crippen LogP contribution >= 0.6 is 0 Å². The lowest BCUT2D eigenvalue weighted by molar-refractivity contribution is -0.0589. The molecule has 3 nitrogen and oxygen atoms in total. The molecule has 1 aromatic carbocycles. The molecule has 0 saturated carbocycles. The lowest BCUT2D eigenvalue weighted by atomic mass is 10.2. The smallest absolute Gasteiger partial charge is 0.268 e. The van der Waals surface area contributed by atoms with Crippen LogP contribution in [0.5, 0.6) is 0 Å². The predicted molar refractivity (Wildman–Crippen MR) is 54.7 cm³/mol. The van der Waals surface area contributed by atoms with E-state index in [0.717, 1.165) is 12.1 Å². The Kier molecular flexibility index (Phi) is 3.59. The van der Waals surface area contributed by atoms with E-state index in [1.54, 1.807) is 20.8 Å². The molecule has 0 aliphatic rings. The molecule has 88 valence electrons. The number of nitrogens with one attached hydrogen (secondary N) is 1. The summed E-state index contributed by atoms with van der Waals surface area (Å²) in [6.07, 6.45) is 0. The van der Waals surface area contributed by atoms with Crippen LogP contribution in [0.25, 0.3) is 0 Å². The van der Waals surface area contributed by atoms with Crippen LogP contribution in [-0.4, -0.2) is 11.5 Å². The second kappa shape index (κ2) is 4.57. The van der Waals surface area contributed by atoms with Crippen molar-refractivity contribution in [2.45, 2.75) is 26.4 Å². The summed E-state index contributed by atoms with van der Waals surface area (Å²) in [6, 6.07) is 2.89. The topological polar surface area (TPSA) is 38.3 Å². The minimum Gasteiger partial charge on any atom is -0.268 e. The fraction of sp³-hybridized carbons (Fsp3) is 0.364. The molecule has 5 heteroatoms. The Morgan fingerprint density at radius 2 is 1.88 bits per heavy atom. The van der Waals surface area contributed by atoms with Gasteiger partial charge in [-0.1, -0.05) is 0 Å². The summed E-state index contributed by atoms with van der Waals surface area (Å²) in [4.78, 5) is 16.4. The maximum Gasteiger partial charge on any atom is 0.274 e. The third kappa shape index (κ3) is 3.58. The maximum atomic E-state index is 12.8. The van der Waals surface area contributed by atoms with Gasteiger partial charge >= 0.3 is 0 Å². The minimum absolute atomic E-state index is 0.00292. The Balaban J connectivity index is 2.70. The fourth-order valence-electron chi connectivity index (χ4n) is 0.896. The number of hydrogen-bond donors (Lipinski definition) is 1. The molecule has 0 atom stereocenters. The molecule has 1 rings (SSSR count). The molecule has 0 aromatic heterocycles. The van der Waals surface area contributed by atoms with Crippen molar-refractivity contribution >= 4 is 5.91 Å².